The molecule has 69 heavy (non-hydrogen) atoms. The largest absolute Gasteiger partial charge is 0.496 e. The number of carbonyl (C=O) groups excluding carboxylic acids is 3. The van der Waals surface area contributed by atoms with Crippen molar-refractivity contribution in [2.24, 2.45) is 0 Å². The fourth-order valence-corrected chi connectivity index (χ4v) is 8.17. The Morgan fingerprint density at radius 2 is 0.609 bits per heavy atom. The highest BCUT2D eigenvalue weighted by atomic mass is 16.6. The number of carbonyl (C=O) groups is 3. The number of rotatable bonds is 24. The Balaban J connectivity index is 1.18. The normalized spacial score (nSPS) is 11.4. The molecule has 360 valence electrons. The first kappa shape index (κ1) is 48.9. The Kier molecular flexibility index (Phi) is 16.7. The van der Waals surface area contributed by atoms with E-state index >= 15 is 0 Å². The van der Waals surface area contributed by atoms with E-state index in [-0.39, 0.29) is 39.6 Å². The molecule has 15 heteroatoms. The third-order valence-electron chi connectivity index (χ3n) is 11.5. The second-order valence-corrected chi connectivity index (χ2v) is 15.4. The van der Waals surface area contributed by atoms with Gasteiger partial charge in [-0.25, -0.2) is 0 Å². The average Bonchev–Trinajstić information content (AvgIpc) is 3.45. The number of methoxy groups -OCH3 is 6. The molecule has 0 bridgehead atoms. The van der Waals surface area contributed by atoms with E-state index in [2.05, 4.69) is 0 Å². The van der Waals surface area contributed by atoms with Gasteiger partial charge in [-0.2, -0.15) is 0 Å². The van der Waals surface area contributed by atoms with Crippen molar-refractivity contribution in [2.45, 2.75) is 19.3 Å². The third kappa shape index (κ3) is 11.4. The molecule has 1 aliphatic carbocycles. The summed E-state index contributed by atoms with van der Waals surface area (Å²) in [6, 6.07) is 26.8. The van der Waals surface area contributed by atoms with Crippen LogP contribution in [-0.4, -0.2) is 101 Å². The van der Waals surface area contributed by atoms with E-state index in [4.69, 9.17) is 56.8 Å². The predicted molar refractivity (Wildman–Crippen MR) is 256 cm³/mol. The van der Waals surface area contributed by atoms with Crippen molar-refractivity contribution in [1.29, 1.82) is 0 Å². The van der Waals surface area contributed by atoms with Gasteiger partial charge in [-0.1, -0.05) is 18.2 Å². The van der Waals surface area contributed by atoms with Crippen molar-refractivity contribution < 1.29 is 71.2 Å². The molecule has 6 aromatic carbocycles. The molecular formula is C54H54O15. The monoisotopic (exact) mass is 942 g/mol. The quantitative estimate of drug-likeness (QED) is 0.0418. The van der Waals surface area contributed by atoms with Gasteiger partial charge in [0.1, 0.15) is 74.1 Å². The van der Waals surface area contributed by atoms with Gasteiger partial charge in [-0.3, -0.25) is 14.4 Å². The zero-order chi connectivity index (χ0) is 48.7. The van der Waals surface area contributed by atoms with Crippen LogP contribution in [0.2, 0.25) is 0 Å². The Morgan fingerprint density at radius 3 is 0.855 bits per heavy atom. The molecule has 0 saturated heterocycles. The first-order valence-electron chi connectivity index (χ1n) is 22.0. The maximum Gasteiger partial charge on any atom is 0.164 e. The SMILES string of the molecule is COc1cc(OCCOc2ccc3c(c2OC)Cc2ccc(OCCOc4ccc(C=O)c(OC)c4)c(OC)c2Cc2ccc(OCCOc4ccc(C=O)c(OC)c4)c(OC)c2C3)ccc1C=O. The lowest BCUT2D eigenvalue weighted by Crippen LogP contribution is -2.11. The first-order chi connectivity index (χ1) is 33.8. The second kappa shape index (κ2) is 23.6. The molecule has 0 N–H and O–H groups in total. The van der Waals surface area contributed by atoms with E-state index in [1.807, 2.05) is 36.4 Å². The standard InChI is InChI=1S/C54H54O15/c1-58-49-28-40(13-7-37(49)31-55)64-19-22-67-46-16-10-34-26-44-36(12-18-48(53(44)62-5)69-24-21-66-42-15-9-39(33-57)51(30-42)60-3)27-45-35(25-43(34)52(46)61-4)11-17-47(54(45)63-6)68-23-20-65-41-14-8-38(32-56)50(29-41)59-2/h7-18,28-33H,19-27H2,1-6H3. The first-order valence-corrected chi connectivity index (χ1v) is 22.0. The van der Waals surface area contributed by atoms with Gasteiger partial charge >= 0.3 is 0 Å². The zero-order valence-corrected chi connectivity index (χ0v) is 39.4. The summed E-state index contributed by atoms with van der Waals surface area (Å²) in [5, 5.41) is 0. The van der Waals surface area contributed by atoms with Crippen molar-refractivity contribution >= 4 is 18.9 Å². The summed E-state index contributed by atoms with van der Waals surface area (Å²) in [5.74, 6) is 6.13. The number of hydrogen-bond donors (Lipinski definition) is 0. The zero-order valence-electron chi connectivity index (χ0n) is 39.4. The molecule has 0 aliphatic heterocycles. The van der Waals surface area contributed by atoms with Crippen LogP contribution in [0.4, 0.5) is 0 Å². The predicted octanol–water partition coefficient (Wildman–Crippen LogP) is 8.63. The maximum absolute atomic E-state index is 11.4. The molecular weight excluding hydrogens is 889 g/mol. The minimum absolute atomic E-state index is 0.192. The van der Waals surface area contributed by atoms with E-state index in [0.717, 1.165) is 52.2 Å². The van der Waals surface area contributed by atoms with Crippen LogP contribution in [-0.2, 0) is 19.3 Å². The highest BCUT2D eigenvalue weighted by Gasteiger charge is 2.27. The second-order valence-electron chi connectivity index (χ2n) is 15.4. The number of hydrogen-bond acceptors (Lipinski definition) is 15. The summed E-state index contributed by atoms with van der Waals surface area (Å²) < 4.78 is 71.4. The lowest BCUT2D eigenvalue weighted by atomic mass is 9.93. The summed E-state index contributed by atoms with van der Waals surface area (Å²) in [5.41, 5.74) is 6.91. The van der Waals surface area contributed by atoms with Crippen LogP contribution in [0.3, 0.4) is 0 Å². The van der Waals surface area contributed by atoms with Crippen molar-refractivity contribution in [2.75, 3.05) is 82.3 Å². The summed E-state index contributed by atoms with van der Waals surface area (Å²) in [4.78, 5) is 34.2. The molecule has 1 aliphatic rings. The van der Waals surface area contributed by atoms with Crippen molar-refractivity contribution in [3.63, 3.8) is 0 Å². The Morgan fingerprint density at radius 1 is 0.333 bits per heavy atom. The molecule has 0 spiro atoms. The van der Waals surface area contributed by atoms with Gasteiger partial charge < -0.3 is 56.8 Å². The lowest BCUT2D eigenvalue weighted by Gasteiger charge is -2.20. The maximum atomic E-state index is 11.4. The summed E-state index contributed by atoms with van der Waals surface area (Å²) in [6.45, 7) is 1.19. The van der Waals surface area contributed by atoms with Crippen LogP contribution in [0.1, 0.15) is 64.5 Å². The minimum atomic E-state index is 0.192. The number of aldehydes is 3. The Labute approximate surface area is 400 Å². The highest BCUT2D eigenvalue weighted by molar-refractivity contribution is 5.81. The molecule has 0 fully saturated rings. The molecule has 15 nitrogen and oxygen atoms in total. The minimum Gasteiger partial charge on any atom is -0.496 e. The van der Waals surface area contributed by atoms with Gasteiger partial charge in [0.2, 0.25) is 0 Å². The van der Waals surface area contributed by atoms with E-state index in [1.165, 1.54) is 21.3 Å². The van der Waals surface area contributed by atoms with Gasteiger partial charge in [-0.05, 0) is 71.3 Å². The van der Waals surface area contributed by atoms with Gasteiger partial charge in [0.25, 0.3) is 0 Å². The molecule has 6 aromatic rings. The van der Waals surface area contributed by atoms with Crippen LogP contribution < -0.4 is 56.8 Å². The third-order valence-corrected chi connectivity index (χ3v) is 11.5. The highest BCUT2D eigenvalue weighted by Crippen LogP contribution is 2.45. The lowest BCUT2D eigenvalue weighted by molar-refractivity contribution is 0.111. The number of benzene rings is 6. The fourth-order valence-electron chi connectivity index (χ4n) is 8.17. The van der Waals surface area contributed by atoms with Crippen LogP contribution in [0.5, 0.6) is 69.0 Å². The number of ether oxygens (including phenoxy) is 12. The average molecular weight is 943 g/mol. The summed E-state index contributed by atoms with van der Waals surface area (Å²) in [7, 11) is 9.35. The van der Waals surface area contributed by atoms with Crippen LogP contribution in [0.25, 0.3) is 0 Å². The van der Waals surface area contributed by atoms with E-state index in [9.17, 15) is 14.4 Å². The number of fused-ring (bicyclic) bond motifs is 3. The van der Waals surface area contributed by atoms with Gasteiger partial charge in [0.05, 0.1) is 59.3 Å². The van der Waals surface area contributed by atoms with Crippen molar-refractivity contribution in [3.8, 4) is 69.0 Å². The van der Waals surface area contributed by atoms with Crippen LogP contribution in [0, 0.1) is 0 Å². The molecule has 0 aromatic heterocycles. The topological polar surface area (TPSA) is 162 Å². The van der Waals surface area contributed by atoms with E-state index in [0.29, 0.717) is 105 Å². The molecule has 0 amide bonds. The molecule has 0 unspecified atom stereocenters. The molecule has 7 rings (SSSR count). The van der Waals surface area contributed by atoms with E-state index in [1.54, 1.807) is 75.9 Å². The van der Waals surface area contributed by atoms with Gasteiger partial charge in [-0.15, -0.1) is 0 Å². The van der Waals surface area contributed by atoms with E-state index < -0.39 is 0 Å². The van der Waals surface area contributed by atoms with Crippen LogP contribution >= 0.6 is 0 Å². The molecule has 0 radical (unpaired) electrons. The van der Waals surface area contributed by atoms with Crippen molar-refractivity contribution in [3.05, 3.63) is 141 Å². The Hall–Kier alpha value is -8.07. The smallest absolute Gasteiger partial charge is 0.164 e. The molecule has 0 saturated carbocycles. The van der Waals surface area contributed by atoms with Crippen molar-refractivity contribution in [1.82, 2.24) is 0 Å². The fraction of sp³-hybridized carbons (Fsp3) is 0.278. The molecule has 0 atom stereocenters. The summed E-state index contributed by atoms with van der Waals surface area (Å²) in [6.07, 6.45) is 3.56. The summed E-state index contributed by atoms with van der Waals surface area (Å²) >= 11 is 0. The van der Waals surface area contributed by atoms with Gasteiger partial charge in [0.15, 0.2) is 53.4 Å². The Bertz CT molecular complexity index is 2470. The van der Waals surface area contributed by atoms with Crippen LogP contribution in [0.15, 0.2) is 91.0 Å². The van der Waals surface area contributed by atoms with Gasteiger partial charge in [0, 0.05) is 54.2 Å². The molecule has 0 heterocycles.